The van der Waals surface area contributed by atoms with E-state index >= 15 is 0 Å². The average molecular weight is 283 g/mol. The van der Waals surface area contributed by atoms with E-state index in [4.69, 9.17) is 4.74 Å². The number of ether oxygens (including phenoxy) is 1. The van der Waals surface area contributed by atoms with Crippen molar-refractivity contribution < 1.29 is 13.2 Å². The minimum Gasteiger partial charge on any atom is -0.495 e. The molecule has 0 unspecified atom stereocenters. The smallest absolute Gasteiger partial charge is 0.179 e. The molecule has 1 aliphatic rings. The molecule has 0 bridgehead atoms. The minimum absolute atomic E-state index is 0.357. The Kier molecular flexibility index (Phi) is 4.47. The molecule has 0 atom stereocenters. The van der Waals surface area contributed by atoms with Gasteiger partial charge >= 0.3 is 0 Å². The molecule has 2 rings (SSSR count). The third-order valence-electron chi connectivity index (χ3n) is 3.62. The molecule has 106 valence electrons. The SMILES string of the molecule is COc1cccc(CC2CCNCC2)c1S(C)(=O)=O. The van der Waals surface area contributed by atoms with Gasteiger partial charge in [-0.15, -0.1) is 0 Å². The molecule has 0 aromatic heterocycles. The van der Waals surface area contributed by atoms with Crippen LogP contribution in [0.1, 0.15) is 18.4 Å². The zero-order chi connectivity index (χ0) is 13.9. The van der Waals surface area contributed by atoms with Crippen molar-refractivity contribution in [2.45, 2.75) is 24.2 Å². The van der Waals surface area contributed by atoms with Crippen LogP contribution < -0.4 is 10.1 Å². The number of nitrogens with one attached hydrogen (secondary N) is 1. The lowest BCUT2D eigenvalue weighted by molar-refractivity contribution is 0.367. The number of hydrogen-bond acceptors (Lipinski definition) is 4. The van der Waals surface area contributed by atoms with Crippen LogP contribution in [0.5, 0.6) is 5.75 Å². The Morgan fingerprint density at radius 3 is 2.58 bits per heavy atom. The standard InChI is InChI=1S/C14H21NO3S/c1-18-13-5-3-4-12(14(13)19(2,16)17)10-11-6-8-15-9-7-11/h3-5,11,15H,6-10H2,1-2H3. The van der Waals surface area contributed by atoms with Crippen LogP contribution in [-0.2, 0) is 16.3 Å². The Labute approximate surface area is 115 Å². The summed E-state index contributed by atoms with van der Waals surface area (Å²) in [7, 11) is -1.76. The summed E-state index contributed by atoms with van der Waals surface area (Å²) in [6, 6.07) is 5.48. The van der Waals surface area contributed by atoms with Crippen molar-refractivity contribution in [2.24, 2.45) is 5.92 Å². The zero-order valence-electron chi connectivity index (χ0n) is 11.5. The molecule has 0 saturated carbocycles. The maximum atomic E-state index is 12.0. The highest BCUT2D eigenvalue weighted by molar-refractivity contribution is 7.90. The quantitative estimate of drug-likeness (QED) is 0.912. The molecule has 1 aliphatic heterocycles. The zero-order valence-corrected chi connectivity index (χ0v) is 12.3. The lowest BCUT2D eigenvalue weighted by atomic mass is 9.91. The van der Waals surface area contributed by atoms with Crippen molar-refractivity contribution in [3.05, 3.63) is 23.8 Å². The van der Waals surface area contributed by atoms with Crippen LogP contribution in [0.2, 0.25) is 0 Å². The van der Waals surface area contributed by atoms with Crippen LogP contribution >= 0.6 is 0 Å². The summed E-state index contributed by atoms with van der Waals surface area (Å²) < 4.78 is 29.2. The lowest BCUT2D eigenvalue weighted by Crippen LogP contribution is -2.29. The van der Waals surface area contributed by atoms with Crippen molar-refractivity contribution in [1.29, 1.82) is 0 Å². The monoisotopic (exact) mass is 283 g/mol. The molecule has 0 amide bonds. The third-order valence-corrected chi connectivity index (χ3v) is 4.82. The van der Waals surface area contributed by atoms with E-state index in [1.54, 1.807) is 6.07 Å². The largest absolute Gasteiger partial charge is 0.495 e. The highest BCUT2D eigenvalue weighted by Gasteiger charge is 2.22. The molecule has 4 nitrogen and oxygen atoms in total. The number of sulfone groups is 1. The predicted molar refractivity (Wildman–Crippen MR) is 75.4 cm³/mol. The fourth-order valence-corrected chi connectivity index (χ4v) is 3.84. The number of hydrogen-bond donors (Lipinski definition) is 1. The van der Waals surface area contributed by atoms with Gasteiger partial charge in [-0.25, -0.2) is 8.42 Å². The van der Waals surface area contributed by atoms with Gasteiger partial charge in [-0.2, -0.15) is 0 Å². The first kappa shape index (κ1) is 14.3. The Balaban J connectivity index is 2.33. The topological polar surface area (TPSA) is 55.4 Å². The van der Waals surface area contributed by atoms with Crippen LogP contribution in [0.4, 0.5) is 0 Å². The van der Waals surface area contributed by atoms with Gasteiger partial charge in [0.15, 0.2) is 9.84 Å². The highest BCUT2D eigenvalue weighted by Crippen LogP contribution is 2.30. The molecule has 0 spiro atoms. The summed E-state index contributed by atoms with van der Waals surface area (Å²) in [5.74, 6) is 1.00. The van der Waals surface area contributed by atoms with Crippen LogP contribution in [0.25, 0.3) is 0 Å². The Bertz CT molecular complexity index is 534. The Morgan fingerprint density at radius 1 is 1.32 bits per heavy atom. The van der Waals surface area contributed by atoms with Gasteiger partial charge in [0.1, 0.15) is 10.6 Å². The highest BCUT2D eigenvalue weighted by atomic mass is 32.2. The van der Waals surface area contributed by atoms with Crippen LogP contribution in [0.3, 0.4) is 0 Å². The molecule has 1 heterocycles. The summed E-state index contributed by atoms with van der Waals surface area (Å²) in [6.07, 6.45) is 4.25. The van der Waals surface area contributed by atoms with E-state index in [0.29, 0.717) is 16.6 Å². The van der Waals surface area contributed by atoms with E-state index in [9.17, 15) is 8.42 Å². The second-order valence-corrected chi connectivity index (χ2v) is 7.07. The summed E-state index contributed by atoms with van der Waals surface area (Å²) in [5, 5.41) is 3.32. The fourth-order valence-electron chi connectivity index (χ4n) is 2.70. The van der Waals surface area contributed by atoms with E-state index in [0.717, 1.165) is 37.9 Å². The molecular weight excluding hydrogens is 262 g/mol. The van der Waals surface area contributed by atoms with Crippen LogP contribution in [0.15, 0.2) is 23.1 Å². The first-order valence-corrected chi connectivity index (χ1v) is 8.48. The predicted octanol–water partition coefficient (Wildman–Crippen LogP) is 1.64. The Morgan fingerprint density at radius 2 is 2.00 bits per heavy atom. The molecule has 1 aromatic carbocycles. The van der Waals surface area contributed by atoms with Crippen molar-refractivity contribution >= 4 is 9.84 Å². The molecule has 0 aliphatic carbocycles. The molecular formula is C14H21NO3S. The van der Waals surface area contributed by atoms with Gasteiger partial charge in [-0.05, 0) is 49.9 Å². The van der Waals surface area contributed by atoms with E-state index in [1.807, 2.05) is 12.1 Å². The molecule has 0 radical (unpaired) electrons. The Hall–Kier alpha value is -1.07. The van der Waals surface area contributed by atoms with Gasteiger partial charge in [0.25, 0.3) is 0 Å². The molecule has 1 aromatic rings. The average Bonchev–Trinajstić information content (AvgIpc) is 2.38. The van der Waals surface area contributed by atoms with Gasteiger partial charge in [0.05, 0.1) is 7.11 Å². The maximum absolute atomic E-state index is 12.0. The second kappa shape index (κ2) is 5.92. The number of benzene rings is 1. The van der Waals surface area contributed by atoms with Gasteiger partial charge in [0.2, 0.25) is 0 Å². The van der Waals surface area contributed by atoms with Gasteiger partial charge in [-0.1, -0.05) is 12.1 Å². The van der Waals surface area contributed by atoms with E-state index in [1.165, 1.54) is 13.4 Å². The van der Waals surface area contributed by atoms with Gasteiger partial charge in [0, 0.05) is 6.26 Å². The number of methoxy groups -OCH3 is 1. The molecule has 1 N–H and O–H groups in total. The third kappa shape index (κ3) is 3.48. The summed E-state index contributed by atoms with van der Waals surface area (Å²) in [4.78, 5) is 0.357. The van der Waals surface area contributed by atoms with Gasteiger partial charge < -0.3 is 10.1 Å². The maximum Gasteiger partial charge on any atom is 0.179 e. The van der Waals surface area contributed by atoms with Crippen LogP contribution in [0, 0.1) is 5.92 Å². The molecule has 1 fully saturated rings. The first-order valence-electron chi connectivity index (χ1n) is 6.59. The van der Waals surface area contributed by atoms with Crippen molar-refractivity contribution in [3.8, 4) is 5.75 Å². The lowest BCUT2D eigenvalue weighted by Gasteiger charge is -2.23. The van der Waals surface area contributed by atoms with Crippen molar-refractivity contribution in [3.63, 3.8) is 0 Å². The second-order valence-electron chi connectivity index (χ2n) is 5.12. The first-order chi connectivity index (χ1) is 9.02. The summed E-state index contributed by atoms with van der Waals surface area (Å²) in [6.45, 7) is 2.03. The fraction of sp³-hybridized carbons (Fsp3) is 0.571. The number of piperidine rings is 1. The normalized spacial score (nSPS) is 17.4. The molecule has 19 heavy (non-hydrogen) atoms. The van der Waals surface area contributed by atoms with E-state index in [-0.39, 0.29) is 0 Å². The van der Waals surface area contributed by atoms with E-state index < -0.39 is 9.84 Å². The van der Waals surface area contributed by atoms with Crippen molar-refractivity contribution in [1.82, 2.24) is 5.32 Å². The van der Waals surface area contributed by atoms with Crippen molar-refractivity contribution in [2.75, 3.05) is 26.5 Å². The minimum atomic E-state index is -3.27. The van der Waals surface area contributed by atoms with Gasteiger partial charge in [-0.3, -0.25) is 0 Å². The summed E-state index contributed by atoms with van der Waals surface area (Å²) >= 11 is 0. The van der Waals surface area contributed by atoms with Crippen LogP contribution in [-0.4, -0.2) is 34.9 Å². The molecule has 1 saturated heterocycles. The summed E-state index contributed by atoms with van der Waals surface area (Å²) in [5.41, 5.74) is 0.883. The number of rotatable bonds is 4. The van der Waals surface area contributed by atoms with E-state index in [2.05, 4.69) is 5.32 Å². The molecule has 5 heteroatoms.